The van der Waals surface area contributed by atoms with Crippen molar-refractivity contribution in [2.45, 2.75) is 18.2 Å². The number of furan rings is 1. The molecule has 0 unspecified atom stereocenters. The van der Waals surface area contributed by atoms with Gasteiger partial charge in [-0.1, -0.05) is 6.92 Å². The monoisotopic (exact) mass is 284 g/mol. The average Bonchev–Trinajstić information content (AvgIpc) is 3.11. The van der Waals surface area contributed by atoms with E-state index in [1.165, 1.54) is 16.7 Å². The van der Waals surface area contributed by atoms with Gasteiger partial charge in [0.15, 0.2) is 0 Å². The lowest BCUT2D eigenvalue weighted by Gasteiger charge is -1.98. The Morgan fingerprint density at radius 2 is 2.25 bits per heavy atom. The molecule has 2 heterocycles. The maximum atomic E-state index is 5.23. The highest BCUT2D eigenvalue weighted by molar-refractivity contribution is 7.99. The number of aromatic nitrogens is 1. The minimum Gasteiger partial charge on any atom is -0.463 e. The topological polar surface area (TPSA) is 41.3 Å². The van der Waals surface area contributed by atoms with Crippen molar-refractivity contribution in [3.05, 3.63) is 48.4 Å². The molecule has 3 nitrogen and oxygen atoms in total. The summed E-state index contributed by atoms with van der Waals surface area (Å²) in [5, 5.41) is 1.19. The summed E-state index contributed by atoms with van der Waals surface area (Å²) < 4.78 is 5.23. The van der Waals surface area contributed by atoms with Crippen molar-refractivity contribution < 1.29 is 4.42 Å². The molecule has 3 aromatic rings. The van der Waals surface area contributed by atoms with Gasteiger partial charge in [-0.2, -0.15) is 0 Å². The standard InChI is InChI=1S/C16H16N2OS/c1-2-8-20-14-5-6-15-12(9-14)10-16(18-15)17-11-13-4-3-7-19-13/h3-7,9-11,18H,2,8H2,1H3. The quantitative estimate of drug-likeness (QED) is 0.528. The largest absolute Gasteiger partial charge is 0.463 e. The van der Waals surface area contributed by atoms with E-state index >= 15 is 0 Å². The third-order valence-corrected chi connectivity index (χ3v) is 4.12. The second-order valence-corrected chi connectivity index (χ2v) is 5.69. The number of aliphatic imine (C=N–C) groups is 1. The van der Waals surface area contributed by atoms with E-state index in [-0.39, 0.29) is 0 Å². The van der Waals surface area contributed by atoms with E-state index in [0.29, 0.717) is 0 Å². The van der Waals surface area contributed by atoms with Crippen molar-refractivity contribution in [3.63, 3.8) is 0 Å². The maximum Gasteiger partial charge on any atom is 0.144 e. The number of H-pyrrole nitrogens is 1. The summed E-state index contributed by atoms with van der Waals surface area (Å²) in [6.07, 6.45) is 4.55. The van der Waals surface area contributed by atoms with E-state index in [9.17, 15) is 0 Å². The molecule has 0 aliphatic carbocycles. The minimum atomic E-state index is 0.753. The predicted molar refractivity (Wildman–Crippen MR) is 85.3 cm³/mol. The molecule has 0 radical (unpaired) electrons. The zero-order valence-corrected chi connectivity index (χ0v) is 12.1. The molecule has 0 spiro atoms. The Balaban J connectivity index is 1.83. The Morgan fingerprint density at radius 3 is 3.05 bits per heavy atom. The number of hydrogen-bond acceptors (Lipinski definition) is 3. The van der Waals surface area contributed by atoms with Crippen LogP contribution >= 0.6 is 11.8 Å². The number of nitrogens with one attached hydrogen (secondary N) is 1. The highest BCUT2D eigenvalue weighted by Gasteiger charge is 2.01. The second kappa shape index (κ2) is 6.01. The highest BCUT2D eigenvalue weighted by atomic mass is 32.2. The number of aromatic amines is 1. The van der Waals surface area contributed by atoms with Crippen molar-refractivity contribution in [1.29, 1.82) is 0 Å². The first-order valence-electron chi connectivity index (χ1n) is 6.68. The molecule has 0 aliphatic heterocycles. The number of rotatable bonds is 5. The van der Waals surface area contributed by atoms with Crippen LogP contribution in [-0.4, -0.2) is 17.0 Å². The summed E-state index contributed by atoms with van der Waals surface area (Å²) in [5.74, 6) is 2.75. The molecule has 0 bridgehead atoms. The van der Waals surface area contributed by atoms with Gasteiger partial charge in [-0.05, 0) is 48.6 Å². The van der Waals surface area contributed by atoms with Crippen LogP contribution in [0, 0.1) is 0 Å². The second-order valence-electron chi connectivity index (χ2n) is 4.53. The average molecular weight is 284 g/mol. The van der Waals surface area contributed by atoms with Gasteiger partial charge in [0.2, 0.25) is 0 Å². The first kappa shape index (κ1) is 13.1. The number of benzene rings is 1. The molecule has 1 aromatic carbocycles. The molecule has 4 heteroatoms. The number of fused-ring (bicyclic) bond motifs is 1. The van der Waals surface area contributed by atoms with Gasteiger partial charge in [0.05, 0.1) is 12.5 Å². The van der Waals surface area contributed by atoms with Crippen LogP contribution in [0.25, 0.3) is 10.9 Å². The van der Waals surface area contributed by atoms with Gasteiger partial charge in [-0.15, -0.1) is 11.8 Å². The Bertz CT molecular complexity index is 713. The number of nitrogens with zero attached hydrogens (tertiary/aromatic N) is 1. The minimum absolute atomic E-state index is 0.753. The SMILES string of the molecule is CCCSc1ccc2[nH]c(N=Cc3ccco3)cc2c1. The third-order valence-electron chi connectivity index (χ3n) is 2.92. The molecule has 20 heavy (non-hydrogen) atoms. The summed E-state index contributed by atoms with van der Waals surface area (Å²) >= 11 is 1.89. The van der Waals surface area contributed by atoms with Crippen LogP contribution in [0.2, 0.25) is 0 Å². The Morgan fingerprint density at radius 1 is 1.30 bits per heavy atom. The normalized spacial score (nSPS) is 11.7. The fourth-order valence-electron chi connectivity index (χ4n) is 1.97. The van der Waals surface area contributed by atoms with Gasteiger partial charge >= 0.3 is 0 Å². The van der Waals surface area contributed by atoms with Gasteiger partial charge in [0.1, 0.15) is 11.6 Å². The Hall–Kier alpha value is -1.94. The zero-order valence-electron chi connectivity index (χ0n) is 11.3. The van der Waals surface area contributed by atoms with Crippen LogP contribution in [0.5, 0.6) is 0 Å². The van der Waals surface area contributed by atoms with Crippen LogP contribution in [0.15, 0.2) is 57.0 Å². The van der Waals surface area contributed by atoms with Gasteiger partial charge in [-0.3, -0.25) is 0 Å². The first-order valence-corrected chi connectivity index (χ1v) is 7.67. The lowest BCUT2D eigenvalue weighted by Crippen LogP contribution is -1.75. The molecular weight excluding hydrogens is 268 g/mol. The first-order chi connectivity index (χ1) is 9.85. The van der Waals surface area contributed by atoms with Crippen molar-refractivity contribution in [2.24, 2.45) is 4.99 Å². The Labute approximate surface area is 122 Å². The van der Waals surface area contributed by atoms with Gasteiger partial charge in [0.25, 0.3) is 0 Å². The number of thioether (sulfide) groups is 1. The third kappa shape index (κ3) is 2.96. The van der Waals surface area contributed by atoms with E-state index in [1.807, 2.05) is 23.9 Å². The predicted octanol–water partition coefficient (Wildman–Crippen LogP) is 5.01. The lowest BCUT2D eigenvalue weighted by molar-refractivity contribution is 0.560. The molecule has 0 saturated carbocycles. The zero-order chi connectivity index (χ0) is 13.8. The molecular formula is C16H16N2OS. The van der Waals surface area contributed by atoms with Gasteiger partial charge < -0.3 is 9.40 Å². The fourth-order valence-corrected chi connectivity index (χ4v) is 2.79. The van der Waals surface area contributed by atoms with Gasteiger partial charge in [0, 0.05) is 15.8 Å². The summed E-state index contributed by atoms with van der Waals surface area (Å²) in [4.78, 5) is 8.99. The fraction of sp³-hybridized carbons (Fsp3) is 0.188. The van der Waals surface area contributed by atoms with Crippen LogP contribution in [0.3, 0.4) is 0 Å². The molecule has 0 aliphatic rings. The van der Waals surface area contributed by atoms with Crippen LogP contribution in [0.1, 0.15) is 19.1 Å². The molecule has 0 saturated heterocycles. The maximum absolute atomic E-state index is 5.23. The molecule has 3 rings (SSSR count). The molecule has 2 aromatic heterocycles. The Kier molecular flexibility index (Phi) is 3.92. The lowest BCUT2D eigenvalue weighted by atomic mass is 10.2. The molecule has 0 fully saturated rings. The van der Waals surface area contributed by atoms with Crippen LogP contribution < -0.4 is 0 Å². The van der Waals surface area contributed by atoms with Crippen molar-refractivity contribution in [3.8, 4) is 0 Å². The van der Waals surface area contributed by atoms with Crippen molar-refractivity contribution in [2.75, 3.05) is 5.75 Å². The van der Waals surface area contributed by atoms with Crippen molar-refractivity contribution >= 4 is 34.7 Å². The van der Waals surface area contributed by atoms with E-state index in [0.717, 1.165) is 22.8 Å². The van der Waals surface area contributed by atoms with Crippen LogP contribution in [-0.2, 0) is 0 Å². The van der Waals surface area contributed by atoms with Crippen molar-refractivity contribution in [1.82, 2.24) is 4.98 Å². The van der Waals surface area contributed by atoms with Gasteiger partial charge in [-0.25, -0.2) is 4.99 Å². The molecule has 0 amide bonds. The smallest absolute Gasteiger partial charge is 0.144 e. The van der Waals surface area contributed by atoms with E-state index in [2.05, 4.69) is 41.2 Å². The van der Waals surface area contributed by atoms with E-state index in [4.69, 9.17) is 4.42 Å². The molecule has 1 N–H and O–H groups in total. The summed E-state index contributed by atoms with van der Waals surface area (Å²) in [6.45, 7) is 2.20. The van der Waals surface area contributed by atoms with Crippen LogP contribution in [0.4, 0.5) is 5.82 Å². The molecule has 102 valence electrons. The van der Waals surface area contributed by atoms with E-state index in [1.54, 1.807) is 12.5 Å². The highest BCUT2D eigenvalue weighted by Crippen LogP contribution is 2.27. The molecule has 0 atom stereocenters. The summed E-state index contributed by atoms with van der Waals surface area (Å²) in [5.41, 5.74) is 1.11. The summed E-state index contributed by atoms with van der Waals surface area (Å²) in [6, 6.07) is 12.3. The number of hydrogen-bond donors (Lipinski definition) is 1. The van der Waals surface area contributed by atoms with E-state index < -0.39 is 0 Å². The summed E-state index contributed by atoms with van der Waals surface area (Å²) in [7, 11) is 0.